The van der Waals surface area contributed by atoms with E-state index in [9.17, 15) is 14.4 Å². The van der Waals surface area contributed by atoms with Gasteiger partial charge in [0, 0.05) is 19.3 Å². The van der Waals surface area contributed by atoms with E-state index in [1.165, 1.54) is 161 Å². The molecule has 0 fully saturated rings. The molecule has 0 spiro atoms. The molecule has 0 saturated carbocycles. The van der Waals surface area contributed by atoms with Gasteiger partial charge in [-0.2, -0.15) is 0 Å². The predicted molar refractivity (Wildman–Crippen MR) is 252 cm³/mol. The number of esters is 3. The topological polar surface area (TPSA) is 78.9 Å². The minimum Gasteiger partial charge on any atom is -0.462 e. The standard InChI is InChI=1S/C53H98O6/c1-4-7-10-13-16-19-22-24-26-28-31-34-37-40-43-46-52(55)58-49-50(48-57-51(54)45-42-39-36-33-30-21-18-15-12-9-6-3)59-53(56)47-44-41-38-35-32-29-27-25-23-20-17-14-11-8-5-2/h16,19,24,26,50H,4-15,17-18,20-23,25,27-49H2,1-3H3/b19-16-,26-24-/t50-/m1/s1. The lowest BCUT2D eigenvalue weighted by Crippen LogP contribution is -2.30. The first-order valence-electron chi connectivity index (χ1n) is 25.8. The van der Waals surface area contributed by atoms with Crippen LogP contribution < -0.4 is 0 Å². The molecule has 346 valence electrons. The fourth-order valence-corrected chi connectivity index (χ4v) is 7.53. The third-order valence-corrected chi connectivity index (χ3v) is 11.5. The highest BCUT2D eigenvalue weighted by Gasteiger charge is 2.19. The molecule has 0 aromatic heterocycles. The highest BCUT2D eigenvalue weighted by molar-refractivity contribution is 5.71. The van der Waals surface area contributed by atoms with E-state index in [2.05, 4.69) is 45.1 Å². The van der Waals surface area contributed by atoms with Crippen molar-refractivity contribution in [2.45, 2.75) is 284 Å². The van der Waals surface area contributed by atoms with E-state index in [-0.39, 0.29) is 31.1 Å². The van der Waals surface area contributed by atoms with Crippen LogP contribution in [0.3, 0.4) is 0 Å². The maximum atomic E-state index is 12.8. The Morgan fingerprint density at radius 2 is 0.610 bits per heavy atom. The first-order chi connectivity index (χ1) is 29.0. The molecule has 0 aromatic carbocycles. The van der Waals surface area contributed by atoms with Crippen LogP contribution in [0.5, 0.6) is 0 Å². The van der Waals surface area contributed by atoms with Crippen molar-refractivity contribution in [3.8, 4) is 0 Å². The molecule has 0 amide bonds. The first-order valence-corrected chi connectivity index (χ1v) is 25.8. The molecule has 0 saturated heterocycles. The van der Waals surface area contributed by atoms with Crippen molar-refractivity contribution in [1.29, 1.82) is 0 Å². The quantitative estimate of drug-likeness (QED) is 0.0263. The maximum Gasteiger partial charge on any atom is 0.306 e. The van der Waals surface area contributed by atoms with Crippen molar-refractivity contribution in [3.05, 3.63) is 24.3 Å². The van der Waals surface area contributed by atoms with Crippen molar-refractivity contribution in [2.24, 2.45) is 0 Å². The zero-order chi connectivity index (χ0) is 43.0. The fourth-order valence-electron chi connectivity index (χ4n) is 7.53. The number of ether oxygens (including phenoxy) is 3. The average molecular weight is 831 g/mol. The zero-order valence-electron chi connectivity index (χ0n) is 39.5. The van der Waals surface area contributed by atoms with Crippen LogP contribution in [0.2, 0.25) is 0 Å². The monoisotopic (exact) mass is 831 g/mol. The van der Waals surface area contributed by atoms with Gasteiger partial charge >= 0.3 is 17.9 Å². The van der Waals surface area contributed by atoms with Crippen molar-refractivity contribution in [1.82, 2.24) is 0 Å². The Bertz CT molecular complexity index is 958. The van der Waals surface area contributed by atoms with Crippen LogP contribution >= 0.6 is 0 Å². The van der Waals surface area contributed by atoms with E-state index in [0.717, 1.165) is 77.0 Å². The van der Waals surface area contributed by atoms with E-state index in [1.54, 1.807) is 0 Å². The smallest absolute Gasteiger partial charge is 0.306 e. The lowest BCUT2D eigenvalue weighted by atomic mass is 10.0. The molecule has 0 aliphatic carbocycles. The summed E-state index contributed by atoms with van der Waals surface area (Å²) < 4.78 is 16.8. The number of hydrogen-bond donors (Lipinski definition) is 0. The van der Waals surface area contributed by atoms with E-state index in [0.29, 0.717) is 19.3 Å². The van der Waals surface area contributed by atoms with Crippen LogP contribution in [-0.4, -0.2) is 37.2 Å². The van der Waals surface area contributed by atoms with Gasteiger partial charge in [-0.3, -0.25) is 14.4 Å². The summed E-state index contributed by atoms with van der Waals surface area (Å²) in [5.74, 6) is -0.872. The normalized spacial score (nSPS) is 12.1. The second-order valence-corrected chi connectivity index (χ2v) is 17.4. The maximum absolute atomic E-state index is 12.8. The van der Waals surface area contributed by atoms with Gasteiger partial charge in [0.25, 0.3) is 0 Å². The highest BCUT2D eigenvalue weighted by Crippen LogP contribution is 2.16. The molecule has 0 radical (unpaired) electrons. The molecule has 0 heterocycles. The van der Waals surface area contributed by atoms with Crippen LogP contribution in [0.4, 0.5) is 0 Å². The van der Waals surface area contributed by atoms with Gasteiger partial charge in [-0.25, -0.2) is 0 Å². The Kier molecular flexibility index (Phi) is 46.8. The molecular formula is C53H98O6. The Hall–Kier alpha value is -2.11. The second-order valence-electron chi connectivity index (χ2n) is 17.4. The summed E-state index contributed by atoms with van der Waals surface area (Å²) in [7, 11) is 0. The molecule has 0 aliphatic heterocycles. The summed E-state index contributed by atoms with van der Waals surface area (Å²) in [4.78, 5) is 37.9. The Morgan fingerprint density at radius 1 is 0.339 bits per heavy atom. The Morgan fingerprint density at radius 3 is 0.966 bits per heavy atom. The second kappa shape index (κ2) is 48.6. The van der Waals surface area contributed by atoms with Crippen LogP contribution in [0, 0.1) is 0 Å². The number of hydrogen-bond acceptors (Lipinski definition) is 6. The largest absolute Gasteiger partial charge is 0.462 e. The number of carbonyl (C=O) groups is 3. The summed E-state index contributed by atoms with van der Waals surface area (Å²) in [5, 5.41) is 0. The molecule has 0 N–H and O–H groups in total. The Balaban J connectivity index is 4.35. The minimum absolute atomic E-state index is 0.0710. The summed E-state index contributed by atoms with van der Waals surface area (Å²) in [6.07, 6.45) is 54.4. The molecule has 0 aromatic rings. The molecule has 0 bridgehead atoms. The first kappa shape index (κ1) is 56.9. The van der Waals surface area contributed by atoms with E-state index >= 15 is 0 Å². The highest BCUT2D eigenvalue weighted by atomic mass is 16.6. The van der Waals surface area contributed by atoms with Crippen molar-refractivity contribution >= 4 is 17.9 Å². The molecule has 0 unspecified atom stereocenters. The zero-order valence-corrected chi connectivity index (χ0v) is 39.5. The van der Waals surface area contributed by atoms with Gasteiger partial charge in [-0.15, -0.1) is 0 Å². The predicted octanol–water partition coefficient (Wildman–Crippen LogP) is 16.8. The number of rotatable bonds is 47. The third-order valence-electron chi connectivity index (χ3n) is 11.5. The lowest BCUT2D eigenvalue weighted by Gasteiger charge is -2.18. The average Bonchev–Trinajstić information content (AvgIpc) is 3.23. The van der Waals surface area contributed by atoms with Gasteiger partial charge in [0.05, 0.1) is 0 Å². The lowest BCUT2D eigenvalue weighted by molar-refractivity contribution is -0.167. The van der Waals surface area contributed by atoms with Crippen LogP contribution in [-0.2, 0) is 28.6 Å². The minimum atomic E-state index is -0.770. The summed E-state index contributed by atoms with van der Waals surface area (Å²) in [5.41, 5.74) is 0. The van der Waals surface area contributed by atoms with Gasteiger partial charge in [-0.1, -0.05) is 231 Å². The molecule has 6 nitrogen and oxygen atoms in total. The van der Waals surface area contributed by atoms with Gasteiger partial charge < -0.3 is 14.2 Å². The van der Waals surface area contributed by atoms with Crippen molar-refractivity contribution in [3.63, 3.8) is 0 Å². The van der Waals surface area contributed by atoms with Gasteiger partial charge in [-0.05, 0) is 51.4 Å². The molecule has 0 aliphatic rings. The number of allylic oxidation sites excluding steroid dienone is 4. The summed E-state index contributed by atoms with van der Waals surface area (Å²) >= 11 is 0. The van der Waals surface area contributed by atoms with E-state index in [4.69, 9.17) is 14.2 Å². The number of carbonyl (C=O) groups excluding carboxylic acids is 3. The molecular weight excluding hydrogens is 733 g/mol. The molecule has 1 atom stereocenters. The van der Waals surface area contributed by atoms with Crippen molar-refractivity contribution < 1.29 is 28.6 Å². The fraction of sp³-hybridized carbons (Fsp3) is 0.868. The molecule has 59 heavy (non-hydrogen) atoms. The number of unbranched alkanes of at least 4 members (excludes halogenated alkanes) is 32. The third kappa shape index (κ3) is 46.8. The Labute approximate surface area is 366 Å². The van der Waals surface area contributed by atoms with Gasteiger partial charge in [0.1, 0.15) is 13.2 Å². The summed E-state index contributed by atoms with van der Waals surface area (Å²) in [6, 6.07) is 0. The molecule has 6 heteroatoms. The van der Waals surface area contributed by atoms with Crippen LogP contribution in [0.25, 0.3) is 0 Å². The van der Waals surface area contributed by atoms with Crippen molar-refractivity contribution in [2.75, 3.05) is 13.2 Å². The molecule has 0 rings (SSSR count). The van der Waals surface area contributed by atoms with Gasteiger partial charge in [0.15, 0.2) is 6.10 Å². The SMILES string of the molecule is CCCCC/C=C\C/C=C\CCCCCCCC(=O)OC[C@@H](COC(=O)CCCCCCCCCCCCC)OC(=O)CCCCCCCCCCCCCCCCC. The van der Waals surface area contributed by atoms with Crippen LogP contribution in [0.1, 0.15) is 278 Å². The summed E-state index contributed by atoms with van der Waals surface area (Å²) in [6.45, 7) is 6.62. The van der Waals surface area contributed by atoms with Crippen LogP contribution in [0.15, 0.2) is 24.3 Å². The van der Waals surface area contributed by atoms with E-state index in [1.807, 2.05) is 0 Å². The van der Waals surface area contributed by atoms with Gasteiger partial charge in [0.2, 0.25) is 0 Å². The van der Waals surface area contributed by atoms with E-state index < -0.39 is 6.10 Å².